The fourth-order valence-electron chi connectivity index (χ4n) is 1.76. The molecule has 3 N–H and O–H groups in total. The normalized spacial score (nSPS) is 15.2. The zero-order valence-corrected chi connectivity index (χ0v) is 12.4. The summed E-state index contributed by atoms with van der Waals surface area (Å²) in [5.74, 6) is 0. The molecular formula is C13H21N3O3S. The van der Waals surface area contributed by atoms with E-state index in [0.717, 1.165) is 12.1 Å². The summed E-state index contributed by atoms with van der Waals surface area (Å²) in [6, 6.07) is 8.02. The van der Waals surface area contributed by atoms with Gasteiger partial charge in [-0.25, -0.2) is 0 Å². The molecule has 1 saturated carbocycles. The van der Waals surface area contributed by atoms with Crippen molar-refractivity contribution in [2.24, 2.45) is 0 Å². The average molecular weight is 299 g/mol. The highest BCUT2D eigenvalue weighted by molar-refractivity contribution is 7.90. The first-order valence-electron chi connectivity index (χ1n) is 6.68. The molecule has 0 spiro atoms. The van der Waals surface area contributed by atoms with Crippen molar-refractivity contribution in [3.8, 4) is 0 Å². The number of hydrogen-bond acceptors (Lipinski definition) is 4. The second-order valence-electron chi connectivity index (χ2n) is 4.85. The molecule has 0 aromatic heterocycles. The summed E-state index contributed by atoms with van der Waals surface area (Å²) in [6.45, 7) is 1.35. The molecule has 6 nitrogen and oxygen atoms in total. The molecule has 0 unspecified atom stereocenters. The van der Waals surface area contributed by atoms with Crippen LogP contribution >= 0.6 is 0 Å². The summed E-state index contributed by atoms with van der Waals surface area (Å²) in [6.07, 6.45) is 2.46. The van der Waals surface area contributed by atoms with Gasteiger partial charge in [0, 0.05) is 26.2 Å². The van der Waals surface area contributed by atoms with Crippen LogP contribution in [0.1, 0.15) is 18.4 Å². The van der Waals surface area contributed by atoms with Crippen LogP contribution in [0.15, 0.2) is 24.3 Å². The summed E-state index contributed by atoms with van der Waals surface area (Å²) in [5, 5.41) is 3.40. The van der Waals surface area contributed by atoms with E-state index in [0.29, 0.717) is 18.3 Å². The van der Waals surface area contributed by atoms with Crippen LogP contribution in [0.25, 0.3) is 0 Å². The van der Waals surface area contributed by atoms with Gasteiger partial charge in [-0.2, -0.15) is 13.1 Å². The Morgan fingerprint density at radius 2 is 2.15 bits per heavy atom. The van der Waals surface area contributed by atoms with Crippen LogP contribution in [0.3, 0.4) is 0 Å². The van der Waals surface area contributed by atoms with E-state index in [1.165, 1.54) is 20.0 Å². The lowest BCUT2D eigenvalue weighted by atomic mass is 10.2. The first kappa shape index (κ1) is 15.2. The Hall–Kier alpha value is -1.15. The Balaban J connectivity index is 1.88. The number of anilines is 1. The number of methoxy groups -OCH3 is 1. The minimum absolute atomic E-state index is 0.245. The molecule has 1 aliphatic rings. The van der Waals surface area contributed by atoms with E-state index in [4.69, 9.17) is 4.74 Å². The predicted octanol–water partition coefficient (Wildman–Crippen LogP) is 0.831. The number of hydrogen-bond donors (Lipinski definition) is 3. The van der Waals surface area contributed by atoms with Gasteiger partial charge in [-0.15, -0.1) is 0 Å². The third-order valence-electron chi connectivity index (χ3n) is 2.95. The van der Waals surface area contributed by atoms with Crippen molar-refractivity contribution in [2.75, 3.05) is 25.0 Å². The van der Waals surface area contributed by atoms with E-state index in [9.17, 15) is 8.42 Å². The first-order chi connectivity index (χ1) is 9.59. The Labute approximate surface area is 120 Å². The second-order valence-corrected chi connectivity index (χ2v) is 6.35. The molecule has 0 heterocycles. The Morgan fingerprint density at radius 3 is 2.85 bits per heavy atom. The van der Waals surface area contributed by atoms with E-state index in [1.807, 2.05) is 18.2 Å². The van der Waals surface area contributed by atoms with Gasteiger partial charge in [-0.3, -0.25) is 4.72 Å². The van der Waals surface area contributed by atoms with Gasteiger partial charge in [-0.1, -0.05) is 12.1 Å². The zero-order valence-electron chi connectivity index (χ0n) is 11.6. The molecule has 0 atom stereocenters. The van der Waals surface area contributed by atoms with Crippen LogP contribution in [0.5, 0.6) is 0 Å². The smallest absolute Gasteiger partial charge is 0.299 e. The summed E-state index contributed by atoms with van der Waals surface area (Å²) in [4.78, 5) is 0. The quantitative estimate of drug-likeness (QED) is 0.590. The molecule has 0 aliphatic heterocycles. The molecule has 20 heavy (non-hydrogen) atoms. The molecule has 0 radical (unpaired) electrons. The van der Waals surface area contributed by atoms with Crippen molar-refractivity contribution < 1.29 is 13.2 Å². The van der Waals surface area contributed by atoms with Gasteiger partial charge in [-0.05, 0) is 30.5 Å². The highest BCUT2D eigenvalue weighted by atomic mass is 32.2. The molecule has 0 amide bonds. The Kier molecular flexibility index (Phi) is 5.36. The van der Waals surface area contributed by atoms with Crippen LogP contribution in [0.4, 0.5) is 5.69 Å². The third-order valence-corrected chi connectivity index (χ3v) is 4.04. The van der Waals surface area contributed by atoms with Gasteiger partial charge < -0.3 is 10.1 Å². The maximum absolute atomic E-state index is 11.8. The second kappa shape index (κ2) is 7.03. The standard InChI is InChI=1S/C13H21N3O3S/c1-19-8-7-15-20(17,18)16-13-4-2-3-11(9-13)10-14-12-5-6-12/h2-4,9,12,14-16H,5-8,10H2,1H3. The van der Waals surface area contributed by atoms with Gasteiger partial charge in [0.05, 0.1) is 12.3 Å². The number of benzene rings is 1. The van der Waals surface area contributed by atoms with Gasteiger partial charge in [0.25, 0.3) is 10.2 Å². The van der Waals surface area contributed by atoms with Crippen molar-refractivity contribution in [2.45, 2.75) is 25.4 Å². The summed E-state index contributed by atoms with van der Waals surface area (Å²) in [7, 11) is -2.02. The molecule has 1 aromatic carbocycles. The predicted molar refractivity (Wildman–Crippen MR) is 78.7 cm³/mol. The maximum Gasteiger partial charge on any atom is 0.299 e. The SMILES string of the molecule is COCCNS(=O)(=O)Nc1cccc(CNC2CC2)c1. The molecule has 1 aliphatic carbocycles. The molecule has 2 rings (SSSR count). The van der Waals surface area contributed by atoms with Crippen LogP contribution in [-0.4, -0.2) is 34.7 Å². The van der Waals surface area contributed by atoms with E-state index >= 15 is 0 Å². The fraction of sp³-hybridized carbons (Fsp3) is 0.538. The zero-order chi connectivity index (χ0) is 14.4. The molecule has 1 fully saturated rings. The first-order valence-corrected chi connectivity index (χ1v) is 8.16. The van der Waals surface area contributed by atoms with Gasteiger partial charge in [0.15, 0.2) is 0 Å². The maximum atomic E-state index is 11.8. The van der Waals surface area contributed by atoms with Crippen molar-refractivity contribution in [3.63, 3.8) is 0 Å². The average Bonchev–Trinajstić information content (AvgIpc) is 3.20. The lowest BCUT2D eigenvalue weighted by Gasteiger charge is -2.10. The van der Waals surface area contributed by atoms with Crippen LogP contribution in [0, 0.1) is 0 Å². The largest absolute Gasteiger partial charge is 0.383 e. The third kappa shape index (κ3) is 5.46. The van der Waals surface area contributed by atoms with Gasteiger partial charge in [0.1, 0.15) is 0 Å². The van der Waals surface area contributed by atoms with Crippen LogP contribution in [0.2, 0.25) is 0 Å². The summed E-state index contributed by atoms with van der Waals surface area (Å²) in [5.41, 5.74) is 1.62. The topological polar surface area (TPSA) is 79.5 Å². The summed E-state index contributed by atoms with van der Waals surface area (Å²) < 4.78 is 33.2. The number of rotatable bonds is 9. The van der Waals surface area contributed by atoms with Crippen molar-refractivity contribution in [1.29, 1.82) is 0 Å². The minimum Gasteiger partial charge on any atom is -0.383 e. The lowest BCUT2D eigenvalue weighted by Crippen LogP contribution is -2.32. The van der Waals surface area contributed by atoms with Crippen molar-refractivity contribution in [1.82, 2.24) is 10.0 Å². The van der Waals surface area contributed by atoms with Crippen LogP contribution in [-0.2, 0) is 21.5 Å². The highest BCUT2D eigenvalue weighted by Crippen LogP contribution is 2.20. The molecule has 7 heteroatoms. The van der Waals surface area contributed by atoms with Crippen molar-refractivity contribution >= 4 is 15.9 Å². The van der Waals surface area contributed by atoms with E-state index in [-0.39, 0.29) is 6.54 Å². The summed E-state index contributed by atoms with van der Waals surface area (Å²) >= 11 is 0. The highest BCUT2D eigenvalue weighted by Gasteiger charge is 2.19. The van der Waals surface area contributed by atoms with Crippen molar-refractivity contribution in [3.05, 3.63) is 29.8 Å². The fourth-order valence-corrected chi connectivity index (χ4v) is 2.63. The Bertz CT molecular complexity index is 529. The van der Waals surface area contributed by atoms with Crippen LogP contribution < -0.4 is 14.8 Å². The van der Waals surface area contributed by atoms with E-state index < -0.39 is 10.2 Å². The van der Waals surface area contributed by atoms with Gasteiger partial charge >= 0.3 is 0 Å². The minimum atomic E-state index is -3.54. The molecule has 0 saturated heterocycles. The number of ether oxygens (including phenoxy) is 1. The molecule has 1 aromatic rings. The molecule has 112 valence electrons. The van der Waals surface area contributed by atoms with Gasteiger partial charge in [0.2, 0.25) is 0 Å². The van der Waals surface area contributed by atoms with E-state index in [2.05, 4.69) is 14.8 Å². The number of nitrogens with one attached hydrogen (secondary N) is 3. The lowest BCUT2D eigenvalue weighted by molar-refractivity contribution is 0.204. The molecule has 0 bridgehead atoms. The molecular weight excluding hydrogens is 278 g/mol. The Morgan fingerprint density at radius 1 is 1.35 bits per heavy atom. The monoisotopic (exact) mass is 299 g/mol. The van der Waals surface area contributed by atoms with E-state index in [1.54, 1.807) is 6.07 Å².